The van der Waals surface area contributed by atoms with Crippen LogP contribution in [0.2, 0.25) is 0 Å². The number of benzene rings is 1. The molecule has 1 N–H and O–H groups in total. The highest BCUT2D eigenvalue weighted by Gasteiger charge is 2.24. The Morgan fingerprint density at radius 3 is 2.50 bits per heavy atom. The minimum Gasteiger partial charge on any atom is -0.450 e. The van der Waals surface area contributed by atoms with Gasteiger partial charge in [0, 0.05) is 39.1 Å². The van der Waals surface area contributed by atoms with Gasteiger partial charge in [0.25, 0.3) is 5.56 Å². The predicted octanol–water partition coefficient (Wildman–Crippen LogP) is 2.92. The summed E-state index contributed by atoms with van der Waals surface area (Å²) in [5.41, 5.74) is 0.669. The van der Waals surface area contributed by atoms with Crippen molar-refractivity contribution in [1.82, 2.24) is 19.4 Å². The summed E-state index contributed by atoms with van der Waals surface area (Å²) in [6, 6.07) is 7.34. The monoisotopic (exact) mass is 432 g/mol. The number of aromatic nitrogens is 2. The van der Waals surface area contributed by atoms with Gasteiger partial charge in [0.05, 0.1) is 17.5 Å². The van der Waals surface area contributed by atoms with Crippen LogP contribution in [0.5, 0.6) is 0 Å². The first-order valence-corrected chi connectivity index (χ1v) is 10.8. The van der Waals surface area contributed by atoms with Crippen LogP contribution in [0.25, 0.3) is 10.9 Å². The zero-order valence-corrected chi connectivity index (χ0v) is 18.1. The molecule has 0 radical (unpaired) electrons. The van der Waals surface area contributed by atoms with E-state index >= 15 is 0 Å². The van der Waals surface area contributed by atoms with Gasteiger partial charge >= 0.3 is 6.09 Å². The molecule has 1 aromatic heterocycles. The molecule has 30 heavy (non-hydrogen) atoms. The van der Waals surface area contributed by atoms with Gasteiger partial charge in [-0.1, -0.05) is 18.6 Å². The average Bonchev–Trinajstić information content (AvgIpc) is 2.75. The molecular formula is C21H28N4O4S. The van der Waals surface area contributed by atoms with Crippen LogP contribution in [0.15, 0.2) is 29.1 Å². The van der Waals surface area contributed by atoms with Crippen molar-refractivity contribution < 1.29 is 14.3 Å². The molecule has 0 bridgehead atoms. The second kappa shape index (κ2) is 10.4. The number of amides is 2. The highest BCUT2D eigenvalue weighted by molar-refractivity contribution is 7.71. The number of fused-ring (bicyclic) bond motifs is 1. The lowest BCUT2D eigenvalue weighted by molar-refractivity contribution is -0.132. The molecular weight excluding hydrogens is 404 g/mol. The maximum Gasteiger partial charge on any atom is 0.409 e. The molecule has 9 heteroatoms. The minimum atomic E-state index is -0.313. The molecule has 1 aliphatic heterocycles. The molecule has 0 spiro atoms. The highest BCUT2D eigenvalue weighted by atomic mass is 32.1. The molecule has 2 heterocycles. The number of hydrogen-bond donors (Lipinski definition) is 1. The number of nitrogens with zero attached hydrogens (tertiary/aromatic N) is 3. The van der Waals surface area contributed by atoms with E-state index in [9.17, 15) is 14.4 Å². The average molecular weight is 433 g/mol. The summed E-state index contributed by atoms with van der Waals surface area (Å²) in [6.45, 7) is 4.77. The Hall–Kier alpha value is -2.68. The molecule has 8 nitrogen and oxygen atoms in total. The normalized spacial score (nSPS) is 14.2. The molecule has 1 aromatic carbocycles. The Balaban J connectivity index is 1.41. The van der Waals surface area contributed by atoms with E-state index in [0.29, 0.717) is 55.9 Å². The van der Waals surface area contributed by atoms with Gasteiger partial charge in [0.2, 0.25) is 5.91 Å². The van der Waals surface area contributed by atoms with Gasteiger partial charge < -0.3 is 19.5 Å². The maximum absolute atomic E-state index is 12.6. The number of nitrogens with one attached hydrogen (secondary N) is 1. The molecule has 0 unspecified atom stereocenters. The Kier molecular flexibility index (Phi) is 7.62. The quantitative estimate of drug-likeness (QED) is 0.537. The van der Waals surface area contributed by atoms with Gasteiger partial charge in [-0.25, -0.2) is 4.79 Å². The largest absolute Gasteiger partial charge is 0.450 e. The van der Waals surface area contributed by atoms with E-state index in [1.165, 1.54) is 0 Å². The number of unbranched alkanes of at least 4 members (excludes halogenated alkanes) is 2. The molecule has 2 aromatic rings. The van der Waals surface area contributed by atoms with Gasteiger partial charge in [0.15, 0.2) is 4.77 Å². The zero-order valence-electron chi connectivity index (χ0n) is 17.3. The van der Waals surface area contributed by atoms with Crippen LogP contribution in [0.3, 0.4) is 0 Å². The number of ether oxygens (including phenoxy) is 1. The van der Waals surface area contributed by atoms with Crippen molar-refractivity contribution >= 4 is 35.1 Å². The fourth-order valence-electron chi connectivity index (χ4n) is 3.64. The summed E-state index contributed by atoms with van der Waals surface area (Å²) in [5.74, 6) is 0.110. The summed E-state index contributed by atoms with van der Waals surface area (Å²) in [6.07, 6.45) is 2.53. The lowest BCUT2D eigenvalue weighted by Gasteiger charge is -2.34. The van der Waals surface area contributed by atoms with E-state index in [1.54, 1.807) is 27.4 Å². The molecule has 0 aliphatic carbocycles. The molecule has 1 aliphatic rings. The Labute approximate surface area is 180 Å². The molecule has 0 atom stereocenters. The second-order valence-electron chi connectivity index (χ2n) is 7.31. The topological polar surface area (TPSA) is 87.6 Å². The van der Waals surface area contributed by atoms with Crippen LogP contribution < -0.4 is 5.56 Å². The minimum absolute atomic E-state index is 0.0788. The molecule has 162 valence electrons. The number of piperazine rings is 1. The van der Waals surface area contributed by atoms with Crippen LogP contribution in [0, 0.1) is 4.77 Å². The zero-order chi connectivity index (χ0) is 21.5. The van der Waals surface area contributed by atoms with Gasteiger partial charge in [-0.3, -0.25) is 14.2 Å². The second-order valence-corrected chi connectivity index (χ2v) is 7.70. The number of para-hydroxylation sites is 1. The van der Waals surface area contributed by atoms with E-state index in [1.807, 2.05) is 18.2 Å². The smallest absolute Gasteiger partial charge is 0.409 e. The van der Waals surface area contributed by atoms with Crippen LogP contribution in [-0.4, -0.2) is 64.1 Å². The molecule has 3 rings (SSSR count). The number of H-pyrrole nitrogens is 1. The standard InChI is InChI=1S/C21H28N4O4S/c1-2-29-21(28)24-14-12-23(13-15-24)18(26)10-4-3-7-11-25-19(27)16-8-5-6-9-17(16)22-20(25)30/h5-6,8-9H,2-4,7,10-15H2,1H3,(H,22,30). The SMILES string of the molecule is CCOC(=O)N1CCN(C(=O)CCCCCn2c(=S)[nH]c3ccccc3c2=O)CC1. The molecule has 2 amide bonds. The van der Waals surface area contributed by atoms with E-state index in [2.05, 4.69) is 4.98 Å². The first kappa shape index (κ1) is 22.0. The van der Waals surface area contributed by atoms with Crippen molar-refractivity contribution in [1.29, 1.82) is 0 Å². The van der Waals surface area contributed by atoms with Gasteiger partial charge in [-0.15, -0.1) is 0 Å². The first-order chi connectivity index (χ1) is 14.5. The third kappa shape index (κ3) is 5.27. The fourth-order valence-corrected chi connectivity index (χ4v) is 3.92. The Morgan fingerprint density at radius 1 is 1.07 bits per heavy atom. The van der Waals surface area contributed by atoms with Crippen molar-refractivity contribution in [3.8, 4) is 0 Å². The number of carbonyl (C=O) groups is 2. The van der Waals surface area contributed by atoms with Crippen LogP contribution in [-0.2, 0) is 16.1 Å². The highest BCUT2D eigenvalue weighted by Crippen LogP contribution is 2.10. The molecule has 1 saturated heterocycles. The van der Waals surface area contributed by atoms with Gasteiger partial charge in [0.1, 0.15) is 0 Å². The van der Waals surface area contributed by atoms with Crippen molar-refractivity contribution in [3.63, 3.8) is 0 Å². The Morgan fingerprint density at radius 2 is 1.77 bits per heavy atom. The lowest BCUT2D eigenvalue weighted by atomic mass is 10.1. The Bertz CT molecular complexity index is 1010. The third-order valence-electron chi connectivity index (χ3n) is 5.32. The predicted molar refractivity (Wildman–Crippen MR) is 117 cm³/mol. The number of carbonyl (C=O) groups excluding carboxylic acids is 2. The summed E-state index contributed by atoms with van der Waals surface area (Å²) in [7, 11) is 0. The number of rotatable bonds is 7. The van der Waals surface area contributed by atoms with E-state index in [-0.39, 0.29) is 17.6 Å². The van der Waals surface area contributed by atoms with Gasteiger partial charge in [-0.2, -0.15) is 0 Å². The first-order valence-electron chi connectivity index (χ1n) is 10.4. The van der Waals surface area contributed by atoms with Crippen molar-refractivity contribution in [2.45, 2.75) is 39.2 Å². The van der Waals surface area contributed by atoms with Crippen molar-refractivity contribution in [3.05, 3.63) is 39.4 Å². The van der Waals surface area contributed by atoms with Crippen LogP contribution in [0.4, 0.5) is 4.79 Å². The lowest BCUT2D eigenvalue weighted by Crippen LogP contribution is -2.50. The van der Waals surface area contributed by atoms with Gasteiger partial charge in [-0.05, 0) is 44.1 Å². The summed E-state index contributed by atoms with van der Waals surface area (Å²) < 4.78 is 7.01. The molecule has 1 fully saturated rings. The third-order valence-corrected chi connectivity index (χ3v) is 5.64. The number of aromatic amines is 1. The van der Waals surface area contributed by atoms with Crippen LogP contribution >= 0.6 is 12.2 Å². The number of hydrogen-bond acceptors (Lipinski definition) is 5. The fraction of sp³-hybridized carbons (Fsp3) is 0.524. The van der Waals surface area contributed by atoms with Crippen molar-refractivity contribution in [2.24, 2.45) is 0 Å². The summed E-state index contributed by atoms with van der Waals surface area (Å²) in [4.78, 5) is 43.3. The van der Waals surface area contributed by atoms with Crippen LogP contribution in [0.1, 0.15) is 32.6 Å². The summed E-state index contributed by atoms with van der Waals surface area (Å²) >= 11 is 5.33. The van der Waals surface area contributed by atoms with E-state index in [0.717, 1.165) is 24.8 Å². The maximum atomic E-state index is 12.6. The van der Waals surface area contributed by atoms with E-state index < -0.39 is 0 Å². The van der Waals surface area contributed by atoms with E-state index in [4.69, 9.17) is 17.0 Å². The van der Waals surface area contributed by atoms with Crippen molar-refractivity contribution in [2.75, 3.05) is 32.8 Å². The summed E-state index contributed by atoms with van der Waals surface area (Å²) in [5, 5.41) is 0.628. The molecule has 0 saturated carbocycles.